The van der Waals surface area contributed by atoms with Crippen LogP contribution in [0.1, 0.15) is 32.8 Å². The van der Waals surface area contributed by atoms with Crippen LogP contribution in [0.15, 0.2) is 30.9 Å². The first-order chi connectivity index (χ1) is 11.2. The lowest BCUT2D eigenvalue weighted by molar-refractivity contribution is 0.295. The van der Waals surface area contributed by atoms with Crippen molar-refractivity contribution in [1.82, 2.24) is 10.2 Å². The standard InChI is InChI=1S/C19H32N2O2/c1-5-14-23-18-11-10-17(15-19(18)22-8-4)16-20-12-9-13-21(6-2)7-3/h5,10-11,15,20H,1,6-9,12-14,16H2,2-4H3. The zero-order valence-electron chi connectivity index (χ0n) is 14.9. The van der Waals surface area contributed by atoms with Crippen molar-refractivity contribution in [3.8, 4) is 11.5 Å². The second kappa shape index (κ2) is 12.0. The molecule has 0 aliphatic heterocycles. The van der Waals surface area contributed by atoms with E-state index in [1.807, 2.05) is 13.0 Å². The van der Waals surface area contributed by atoms with Crippen LogP contribution in [0.5, 0.6) is 11.5 Å². The van der Waals surface area contributed by atoms with E-state index < -0.39 is 0 Å². The number of hydrogen-bond acceptors (Lipinski definition) is 4. The number of hydrogen-bond donors (Lipinski definition) is 1. The monoisotopic (exact) mass is 320 g/mol. The summed E-state index contributed by atoms with van der Waals surface area (Å²) in [6.45, 7) is 16.5. The van der Waals surface area contributed by atoms with Crippen molar-refractivity contribution < 1.29 is 9.47 Å². The molecule has 0 spiro atoms. The summed E-state index contributed by atoms with van der Waals surface area (Å²) in [5, 5.41) is 3.50. The lowest BCUT2D eigenvalue weighted by atomic mass is 10.2. The molecule has 0 amide bonds. The quantitative estimate of drug-likeness (QED) is 0.446. The minimum atomic E-state index is 0.489. The SMILES string of the molecule is C=CCOc1ccc(CNCCCN(CC)CC)cc1OCC. The van der Waals surface area contributed by atoms with Gasteiger partial charge in [0.05, 0.1) is 6.61 Å². The van der Waals surface area contributed by atoms with Crippen LogP contribution in [0, 0.1) is 0 Å². The van der Waals surface area contributed by atoms with Crippen LogP contribution in [0.4, 0.5) is 0 Å². The number of ether oxygens (including phenoxy) is 2. The maximum atomic E-state index is 5.67. The molecule has 0 atom stereocenters. The van der Waals surface area contributed by atoms with E-state index in [1.54, 1.807) is 6.08 Å². The van der Waals surface area contributed by atoms with E-state index in [9.17, 15) is 0 Å². The van der Waals surface area contributed by atoms with Gasteiger partial charge < -0.3 is 19.7 Å². The number of rotatable bonds is 13. The Morgan fingerprint density at radius 1 is 1.13 bits per heavy atom. The first kappa shape index (κ1) is 19.5. The van der Waals surface area contributed by atoms with Gasteiger partial charge in [-0.25, -0.2) is 0 Å². The van der Waals surface area contributed by atoms with Crippen LogP contribution >= 0.6 is 0 Å². The molecule has 130 valence electrons. The van der Waals surface area contributed by atoms with Gasteiger partial charge in [-0.05, 0) is 57.2 Å². The van der Waals surface area contributed by atoms with Gasteiger partial charge in [-0.2, -0.15) is 0 Å². The fourth-order valence-corrected chi connectivity index (χ4v) is 2.40. The molecule has 0 unspecified atom stereocenters. The van der Waals surface area contributed by atoms with E-state index in [4.69, 9.17) is 9.47 Å². The first-order valence-electron chi connectivity index (χ1n) is 8.67. The molecule has 0 fully saturated rings. The Morgan fingerprint density at radius 2 is 1.91 bits per heavy atom. The highest BCUT2D eigenvalue weighted by atomic mass is 16.5. The second-order valence-electron chi connectivity index (χ2n) is 5.37. The van der Waals surface area contributed by atoms with Gasteiger partial charge in [-0.1, -0.05) is 32.6 Å². The van der Waals surface area contributed by atoms with E-state index >= 15 is 0 Å². The first-order valence-corrected chi connectivity index (χ1v) is 8.67. The molecule has 0 bridgehead atoms. The second-order valence-corrected chi connectivity index (χ2v) is 5.37. The summed E-state index contributed by atoms with van der Waals surface area (Å²) >= 11 is 0. The zero-order chi connectivity index (χ0) is 16.9. The van der Waals surface area contributed by atoms with E-state index in [0.717, 1.165) is 44.2 Å². The summed E-state index contributed by atoms with van der Waals surface area (Å²) in [7, 11) is 0. The van der Waals surface area contributed by atoms with Crippen LogP contribution in [0.3, 0.4) is 0 Å². The lowest BCUT2D eigenvalue weighted by Crippen LogP contribution is -2.27. The van der Waals surface area contributed by atoms with Crippen LogP contribution in [0.2, 0.25) is 0 Å². The third-order valence-corrected chi connectivity index (χ3v) is 3.72. The molecule has 0 saturated carbocycles. The summed E-state index contributed by atoms with van der Waals surface area (Å²) in [5.41, 5.74) is 1.21. The van der Waals surface area contributed by atoms with Gasteiger partial charge in [0.15, 0.2) is 11.5 Å². The van der Waals surface area contributed by atoms with E-state index in [1.165, 1.54) is 12.0 Å². The molecular weight excluding hydrogens is 288 g/mol. The van der Waals surface area contributed by atoms with Gasteiger partial charge in [0.25, 0.3) is 0 Å². The molecule has 0 radical (unpaired) electrons. The Morgan fingerprint density at radius 3 is 2.57 bits per heavy atom. The van der Waals surface area contributed by atoms with Gasteiger partial charge in [0.1, 0.15) is 6.61 Å². The summed E-state index contributed by atoms with van der Waals surface area (Å²) < 4.78 is 11.3. The summed E-state index contributed by atoms with van der Waals surface area (Å²) in [5.74, 6) is 1.58. The Bertz CT molecular complexity index is 445. The van der Waals surface area contributed by atoms with Gasteiger partial charge in [-0.3, -0.25) is 0 Å². The molecule has 1 aromatic carbocycles. The fraction of sp³-hybridized carbons (Fsp3) is 0.579. The highest BCUT2D eigenvalue weighted by Gasteiger charge is 2.06. The van der Waals surface area contributed by atoms with Gasteiger partial charge in [0.2, 0.25) is 0 Å². The van der Waals surface area contributed by atoms with Crippen LogP contribution in [0.25, 0.3) is 0 Å². The normalized spacial score (nSPS) is 10.8. The minimum Gasteiger partial charge on any atom is -0.490 e. The average molecular weight is 320 g/mol. The van der Waals surface area contributed by atoms with Crippen molar-refractivity contribution in [2.45, 2.75) is 33.7 Å². The van der Waals surface area contributed by atoms with Crippen molar-refractivity contribution in [2.24, 2.45) is 0 Å². The lowest BCUT2D eigenvalue weighted by Gasteiger charge is -2.17. The highest BCUT2D eigenvalue weighted by molar-refractivity contribution is 5.43. The van der Waals surface area contributed by atoms with Crippen molar-refractivity contribution in [1.29, 1.82) is 0 Å². The van der Waals surface area contributed by atoms with Crippen molar-refractivity contribution >= 4 is 0 Å². The molecule has 0 aromatic heterocycles. The molecule has 1 rings (SSSR count). The van der Waals surface area contributed by atoms with Crippen LogP contribution in [-0.2, 0) is 6.54 Å². The predicted octanol–water partition coefficient (Wildman–Crippen LogP) is 3.47. The van der Waals surface area contributed by atoms with Crippen molar-refractivity contribution in [2.75, 3.05) is 39.4 Å². The third-order valence-electron chi connectivity index (χ3n) is 3.72. The average Bonchev–Trinajstić information content (AvgIpc) is 2.57. The molecule has 1 N–H and O–H groups in total. The van der Waals surface area contributed by atoms with Crippen molar-refractivity contribution in [3.63, 3.8) is 0 Å². The third kappa shape index (κ3) is 7.53. The minimum absolute atomic E-state index is 0.489. The molecule has 0 heterocycles. The maximum absolute atomic E-state index is 5.67. The molecule has 0 aliphatic carbocycles. The van der Waals surface area contributed by atoms with Gasteiger partial charge in [-0.15, -0.1) is 0 Å². The zero-order valence-corrected chi connectivity index (χ0v) is 14.9. The maximum Gasteiger partial charge on any atom is 0.161 e. The summed E-state index contributed by atoms with van der Waals surface area (Å²) in [6, 6.07) is 6.11. The summed E-state index contributed by atoms with van der Waals surface area (Å²) in [4.78, 5) is 2.45. The van der Waals surface area contributed by atoms with Crippen LogP contribution < -0.4 is 14.8 Å². The highest BCUT2D eigenvalue weighted by Crippen LogP contribution is 2.28. The summed E-state index contributed by atoms with van der Waals surface area (Å²) in [6.07, 6.45) is 2.90. The van der Waals surface area contributed by atoms with Gasteiger partial charge >= 0.3 is 0 Å². The molecule has 0 saturated heterocycles. The van der Waals surface area contributed by atoms with E-state index in [0.29, 0.717) is 13.2 Å². The fourth-order valence-electron chi connectivity index (χ4n) is 2.40. The van der Waals surface area contributed by atoms with E-state index in [-0.39, 0.29) is 0 Å². The molecular formula is C19H32N2O2. The largest absolute Gasteiger partial charge is 0.490 e. The Balaban J connectivity index is 2.44. The molecule has 0 aliphatic rings. The number of nitrogens with one attached hydrogen (secondary N) is 1. The van der Waals surface area contributed by atoms with Gasteiger partial charge in [0, 0.05) is 6.54 Å². The number of nitrogens with zero attached hydrogens (tertiary/aromatic N) is 1. The molecule has 4 heteroatoms. The molecule has 4 nitrogen and oxygen atoms in total. The van der Waals surface area contributed by atoms with Crippen molar-refractivity contribution in [3.05, 3.63) is 36.4 Å². The molecule has 1 aromatic rings. The Hall–Kier alpha value is -1.52. The topological polar surface area (TPSA) is 33.7 Å². The predicted molar refractivity (Wildman–Crippen MR) is 97.4 cm³/mol. The molecule has 23 heavy (non-hydrogen) atoms. The van der Waals surface area contributed by atoms with Crippen LogP contribution in [-0.4, -0.2) is 44.3 Å². The smallest absolute Gasteiger partial charge is 0.161 e. The number of benzene rings is 1. The van der Waals surface area contributed by atoms with E-state index in [2.05, 4.69) is 42.8 Å². The Labute approximate surface area is 141 Å². The Kier molecular flexibility index (Phi) is 10.2.